The van der Waals surface area contributed by atoms with E-state index in [1.165, 1.54) is 28.7 Å². The number of benzene rings is 1. The summed E-state index contributed by atoms with van der Waals surface area (Å²) in [4.78, 5) is 2.73. The Hall–Kier alpha value is -2.08. The summed E-state index contributed by atoms with van der Waals surface area (Å²) in [6.07, 6.45) is 6.40. The predicted octanol–water partition coefficient (Wildman–Crippen LogP) is 7.15. The zero-order valence-electron chi connectivity index (χ0n) is 16.8. The van der Waals surface area contributed by atoms with Gasteiger partial charge < -0.3 is 0 Å². The Bertz CT molecular complexity index is 1140. The quantitative estimate of drug-likeness (QED) is 0.310. The van der Waals surface area contributed by atoms with Gasteiger partial charge in [0.15, 0.2) is 0 Å². The fraction of sp³-hybridized carbons (Fsp3) is 0.333. The van der Waals surface area contributed by atoms with Gasteiger partial charge in [-0.05, 0) is 95.5 Å². The summed E-state index contributed by atoms with van der Waals surface area (Å²) in [7, 11) is 0. The van der Waals surface area contributed by atoms with Crippen LogP contribution >= 0.6 is 22.7 Å². The van der Waals surface area contributed by atoms with Crippen LogP contribution in [-0.2, 0) is 0 Å². The Balaban J connectivity index is 1.48. The summed E-state index contributed by atoms with van der Waals surface area (Å²) in [6.45, 7) is 4.47. The van der Waals surface area contributed by atoms with Gasteiger partial charge in [-0.2, -0.15) is 0 Å². The molecule has 2 heterocycles. The molecule has 1 aromatic carbocycles. The van der Waals surface area contributed by atoms with Gasteiger partial charge in [-0.25, -0.2) is 0 Å². The molecule has 0 N–H and O–H groups in total. The van der Waals surface area contributed by atoms with Crippen molar-refractivity contribution in [3.05, 3.63) is 91.3 Å². The third-order valence-corrected chi connectivity index (χ3v) is 9.30. The van der Waals surface area contributed by atoms with Crippen LogP contribution in [0.1, 0.15) is 50.3 Å². The lowest BCUT2D eigenvalue weighted by atomic mass is 9.50. The molecule has 6 rings (SSSR count). The van der Waals surface area contributed by atoms with Gasteiger partial charge >= 0.3 is 0 Å². The maximum absolute atomic E-state index is 3.57. The van der Waals surface area contributed by atoms with E-state index in [1.54, 1.807) is 16.2 Å². The normalized spacial score (nSPS) is 31.2. The van der Waals surface area contributed by atoms with E-state index in [-0.39, 0.29) is 0 Å². The summed E-state index contributed by atoms with van der Waals surface area (Å²) in [5, 5.41) is 4.36. The summed E-state index contributed by atoms with van der Waals surface area (Å²) in [5.74, 6) is 11.4. The van der Waals surface area contributed by atoms with Crippen LogP contribution in [0.3, 0.4) is 0 Å². The number of aryl methyl sites for hydroxylation is 2. The van der Waals surface area contributed by atoms with E-state index in [0.29, 0.717) is 11.8 Å². The fourth-order valence-corrected chi connectivity index (χ4v) is 7.70. The molecular formula is C27H24S2. The first kappa shape index (κ1) is 17.8. The van der Waals surface area contributed by atoms with Crippen LogP contribution in [0.25, 0.3) is 0 Å². The maximum Gasteiger partial charge on any atom is 0.0772 e. The van der Waals surface area contributed by atoms with E-state index in [2.05, 4.69) is 85.0 Å². The van der Waals surface area contributed by atoms with Crippen LogP contribution in [-0.4, -0.2) is 0 Å². The first-order valence-corrected chi connectivity index (χ1v) is 12.3. The van der Waals surface area contributed by atoms with Crippen molar-refractivity contribution in [1.82, 2.24) is 0 Å². The molecule has 0 saturated heterocycles. The molecule has 0 amide bonds. The van der Waals surface area contributed by atoms with Gasteiger partial charge in [-0.3, -0.25) is 0 Å². The SMILES string of the molecule is Cc1cc(C#Cc2cccs2)c(C2C(c3cccs3)[C@@H]3[C@H]2[C@H]2C=C[C@@H]3C2)cc1C. The smallest absolute Gasteiger partial charge is 0.0772 e. The van der Waals surface area contributed by atoms with Crippen LogP contribution in [0.4, 0.5) is 0 Å². The van der Waals surface area contributed by atoms with Gasteiger partial charge in [0.2, 0.25) is 0 Å². The minimum absolute atomic E-state index is 0.602. The van der Waals surface area contributed by atoms with E-state index < -0.39 is 0 Å². The van der Waals surface area contributed by atoms with Crippen LogP contribution in [0, 0.1) is 49.4 Å². The molecule has 2 heteroatoms. The van der Waals surface area contributed by atoms with Gasteiger partial charge in [0.25, 0.3) is 0 Å². The van der Waals surface area contributed by atoms with Gasteiger partial charge in [-0.1, -0.05) is 42.2 Å². The molecule has 0 spiro atoms. The number of rotatable bonds is 2. The highest BCUT2D eigenvalue weighted by Gasteiger charge is 2.62. The summed E-state index contributed by atoms with van der Waals surface area (Å²) in [6, 6.07) is 13.6. The highest BCUT2D eigenvalue weighted by Crippen LogP contribution is 2.71. The molecule has 0 radical (unpaired) electrons. The number of allylic oxidation sites excluding steroid dienone is 2. The largest absolute Gasteiger partial charge is 0.149 e. The minimum atomic E-state index is 0.602. The number of thiophene rings is 2. The van der Waals surface area contributed by atoms with Crippen molar-refractivity contribution in [3.8, 4) is 11.8 Å². The molecule has 6 atom stereocenters. The Morgan fingerprint density at radius 2 is 1.55 bits per heavy atom. The summed E-state index contributed by atoms with van der Waals surface area (Å²) < 4.78 is 0. The molecule has 2 fully saturated rings. The Morgan fingerprint density at radius 1 is 0.828 bits per heavy atom. The van der Waals surface area contributed by atoms with Gasteiger partial charge in [0.05, 0.1) is 4.88 Å². The summed E-state index contributed by atoms with van der Waals surface area (Å²) in [5.41, 5.74) is 5.49. The first-order chi connectivity index (χ1) is 14.2. The van der Waals surface area contributed by atoms with Crippen molar-refractivity contribution in [1.29, 1.82) is 0 Å². The van der Waals surface area contributed by atoms with Crippen molar-refractivity contribution < 1.29 is 0 Å². The lowest BCUT2D eigenvalue weighted by Gasteiger charge is -2.53. The van der Waals surface area contributed by atoms with Gasteiger partial charge in [0.1, 0.15) is 0 Å². The fourth-order valence-electron chi connectivity index (χ4n) is 6.19. The van der Waals surface area contributed by atoms with Crippen molar-refractivity contribution in [2.24, 2.45) is 23.7 Å². The number of fused-ring (bicyclic) bond motifs is 5. The van der Waals surface area contributed by atoms with Crippen molar-refractivity contribution in [3.63, 3.8) is 0 Å². The molecule has 2 bridgehead atoms. The second-order valence-corrected chi connectivity index (χ2v) is 10.8. The standard InChI is InChI=1S/C27H24S2/c1-16-13-18(9-10-21-5-3-11-28-21)22(14-17(16)2)26-24-19-7-8-20(15-19)25(24)27(26)23-6-4-12-29-23/h3-8,11-14,19-20,24-27H,15H2,1-2H3/t19-,20+,24+,25-,26?,27?/m0/s1. The second kappa shape index (κ2) is 6.73. The topological polar surface area (TPSA) is 0 Å². The molecule has 0 aliphatic heterocycles. The molecule has 29 heavy (non-hydrogen) atoms. The van der Waals surface area contributed by atoms with Crippen LogP contribution < -0.4 is 0 Å². The van der Waals surface area contributed by atoms with Crippen molar-refractivity contribution in [2.75, 3.05) is 0 Å². The molecule has 3 aliphatic carbocycles. The van der Waals surface area contributed by atoms with Crippen LogP contribution in [0.2, 0.25) is 0 Å². The van der Waals surface area contributed by atoms with Gasteiger partial charge in [-0.15, -0.1) is 22.7 Å². The zero-order valence-corrected chi connectivity index (χ0v) is 18.4. The Labute approximate surface area is 181 Å². The monoisotopic (exact) mass is 412 g/mol. The highest BCUT2D eigenvalue weighted by molar-refractivity contribution is 7.10. The lowest BCUT2D eigenvalue weighted by molar-refractivity contribution is 0.0802. The van der Waals surface area contributed by atoms with E-state index in [9.17, 15) is 0 Å². The van der Waals surface area contributed by atoms with Gasteiger partial charge in [0, 0.05) is 16.4 Å². The molecule has 3 aliphatic rings. The molecule has 0 nitrogen and oxygen atoms in total. The van der Waals surface area contributed by atoms with E-state index >= 15 is 0 Å². The molecule has 2 unspecified atom stereocenters. The van der Waals surface area contributed by atoms with Crippen molar-refractivity contribution >= 4 is 22.7 Å². The Kier molecular flexibility index (Phi) is 4.12. The highest BCUT2D eigenvalue weighted by atomic mass is 32.1. The minimum Gasteiger partial charge on any atom is -0.149 e. The van der Waals surface area contributed by atoms with Crippen LogP contribution in [0.5, 0.6) is 0 Å². The molecule has 2 aromatic heterocycles. The molecule has 3 aromatic rings. The average Bonchev–Trinajstić information content (AvgIpc) is 3.48. The van der Waals surface area contributed by atoms with E-state index in [4.69, 9.17) is 0 Å². The average molecular weight is 413 g/mol. The van der Waals surface area contributed by atoms with Crippen molar-refractivity contribution in [2.45, 2.75) is 32.1 Å². The molecular weight excluding hydrogens is 388 g/mol. The van der Waals surface area contributed by atoms with E-state index in [0.717, 1.165) is 28.5 Å². The lowest BCUT2D eigenvalue weighted by Crippen LogP contribution is -2.45. The Morgan fingerprint density at radius 3 is 2.28 bits per heavy atom. The second-order valence-electron chi connectivity index (χ2n) is 8.92. The zero-order chi connectivity index (χ0) is 19.5. The first-order valence-electron chi connectivity index (χ1n) is 10.6. The number of hydrogen-bond donors (Lipinski definition) is 0. The maximum atomic E-state index is 3.57. The van der Waals surface area contributed by atoms with E-state index in [1.807, 2.05) is 11.3 Å². The van der Waals surface area contributed by atoms with Crippen LogP contribution in [0.15, 0.2) is 59.3 Å². The third kappa shape index (κ3) is 2.71. The third-order valence-electron chi connectivity index (χ3n) is 7.54. The predicted molar refractivity (Wildman–Crippen MR) is 124 cm³/mol. The molecule has 2 saturated carbocycles. The number of hydrogen-bond acceptors (Lipinski definition) is 2. The summed E-state index contributed by atoms with van der Waals surface area (Å²) >= 11 is 3.67. The molecule has 144 valence electrons.